The van der Waals surface area contributed by atoms with Crippen LogP contribution in [0.2, 0.25) is 5.02 Å². The molecule has 4 rings (SSSR count). The number of carbonyl (C=O) groups excluding carboxylic acids is 1. The third-order valence-electron chi connectivity index (χ3n) is 6.71. The van der Waals surface area contributed by atoms with E-state index in [1.807, 2.05) is 66.8 Å². The van der Waals surface area contributed by atoms with Crippen molar-refractivity contribution in [3.05, 3.63) is 120 Å². The number of halogens is 4. The minimum atomic E-state index is -0.756. The summed E-state index contributed by atoms with van der Waals surface area (Å²) in [6.45, 7) is 6.34. The molecule has 42 heavy (non-hydrogen) atoms. The molecule has 0 aliphatic carbocycles. The summed E-state index contributed by atoms with van der Waals surface area (Å²) in [7, 11) is 0. The fraction of sp³-hybridized carbons (Fsp3) is 0.258. The zero-order valence-corrected chi connectivity index (χ0v) is 26.3. The first-order chi connectivity index (χ1) is 20.2. The predicted molar refractivity (Wildman–Crippen MR) is 168 cm³/mol. The van der Waals surface area contributed by atoms with Crippen molar-refractivity contribution in [1.82, 2.24) is 14.3 Å². The third kappa shape index (κ3) is 6.99. The lowest BCUT2D eigenvalue weighted by atomic mass is 10.1. The second-order valence-electron chi connectivity index (χ2n) is 9.51. The first kappa shape index (κ1) is 31.6. The Balaban J connectivity index is 1.74. The van der Waals surface area contributed by atoms with Gasteiger partial charge in [0.25, 0.3) is 5.91 Å². The zero-order chi connectivity index (χ0) is 30.4. The first-order valence-electron chi connectivity index (χ1n) is 13.4. The molecule has 1 heterocycles. The quantitative estimate of drug-likeness (QED) is 0.121. The molecule has 7 nitrogen and oxygen atoms in total. The summed E-state index contributed by atoms with van der Waals surface area (Å²) in [5, 5.41) is 4.48. The third-order valence-corrected chi connectivity index (χ3v) is 8.15. The second-order valence-corrected chi connectivity index (χ2v) is 11.0. The highest BCUT2D eigenvalue weighted by atomic mass is 127. The molecule has 0 radical (unpaired) electrons. The highest BCUT2D eigenvalue weighted by molar-refractivity contribution is 14.1. The van der Waals surface area contributed by atoms with Gasteiger partial charge in [0.1, 0.15) is 18.2 Å². The van der Waals surface area contributed by atoms with E-state index in [0.29, 0.717) is 19.0 Å². The molecule has 0 saturated heterocycles. The second kappa shape index (κ2) is 14.2. The van der Waals surface area contributed by atoms with Crippen molar-refractivity contribution < 1.29 is 18.3 Å². The summed E-state index contributed by atoms with van der Waals surface area (Å²) in [4.78, 5) is 28.5. The molecular formula is C31H30ClF2IN4O3. The average Bonchev–Trinajstić information content (AvgIpc) is 3.30. The van der Waals surface area contributed by atoms with E-state index >= 15 is 8.78 Å². The number of rotatable bonds is 11. The number of aromatic nitrogens is 3. The number of hydrogen-bond acceptors (Lipinski definition) is 4. The van der Waals surface area contributed by atoms with E-state index in [0.717, 1.165) is 34.4 Å². The topological polar surface area (TPSA) is 69.4 Å². The van der Waals surface area contributed by atoms with Crippen LogP contribution in [0.15, 0.2) is 77.1 Å². The normalized spacial score (nSPS) is 11.6. The molecule has 0 bridgehead atoms. The van der Waals surface area contributed by atoms with Crippen LogP contribution in [0.3, 0.4) is 0 Å². The van der Waals surface area contributed by atoms with E-state index in [1.165, 1.54) is 27.7 Å². The fourth-order valence-corrected chi connectivity index (χ4v) is 5.33. The van der Waals surface area contributed by atoms with Gasteiger partial charge >= 0.3 is 5.69 Å². The number of carbonyl (C=O) groups is 1. The maximum Gasteiger partial charge on any atom is 0.350 e. The number of amides is 1. The monoisotopic (exact) mass is 706 g/mol. The van der Waals surface area contributed by atoms with Gasteiger partial charge in [0, 0.05) is 19.2 Å². The van der Waals surface area contributed by atoms with Crippen molar-refractivity contribution in [2.24, 2.45) is 0 Å². The van der Waals surface area contributed by atoms with E-state index in [1.54, 1.807) is 13.0 Å². The SMILES string of the molecule is CCC(C)=CCN(C(=O)c1cc(F)cc(-n2nc(COCc3ccccc3)n(CC)c2=O)c1I)c1c(F)cccc1Cl. The van der Waals surface area contributed by atoms with E-state index in [9.17, 15) is 9.59 Å². The fourth-order valence-electron chi connectivity index (χ4n) is 4.30. The predicted octanol–water partition coefficient (Wildman–Crippen LogP) is 7.31. The molecule has 1 amide bonds. The smallest absolute Gasteiger partial charge is 0.350 e. The molecule has 1 aromatic heterocycles. The van der Waals surface area contributed by atoms with Crippen LogP contribution in [0.4, 0.5) is 14.5 Å². The van der Waals surface area contributed by atoms with E-state index < -0.39 is 23.2 Å². The molecule has 220 valence electrons. The number of anilines is 1. The minimum absolute atomic E-state index is 0.00833. The molecule has 0 unspecified atom stereocenters. The minimum Gasteiger partial charge on any atom is -0.369 e. The number of nitrogens with zero attached hydrogens (tertiary/aromatic N) is 4. The molecule has 4 aromatic rings. The van der Waals surface area contributed by atoms with Crippen LogP contribution in [0.5, 0.6) is 0 Å². The maximum atomic E-state index is 15.1. The van der Waals surface area contributed by atoms with Gasteiger partial charge in [-0.3, -0.25) is 9.36 Å². The van der Waals surface area contributed by atoms with Crippen molar-refractivity contribution in [3.63, 3.8) is 0 Å². The summed E-state index contributed by atoms with van der Waals surface area (Å²) in [6, 6.07) is 15.9. The molecular weight excluding hydrogens is 677 g/mol. The summed E-state index contributed by atoms with van der Waals surface area (Å²) < 4.78 is 38.7. The highest BCUT2D eigenvalue weighted by Gasteiger charge is 2.27. The maximum absolute atomic E-state index is 15.1. The number of ether oxygens (including phenoxy) is 1. The Hall–Kier alpha value is -3.35. The molecule has 0 saturated carbocycles. The number of allylic oxidation sites excluding steroid dienone is 1. The van der Waals surface area contributed by atoms with Crippen LogP contribution in [0, 0.1) is 15.2 Å². The Morgan fingerprint density at radius 1 is 1.10 bits per heavy atom. The van der Waals surface area contributed by atoms with Crippen LogP contribution >= 0.6 is 34.2 Å². The van der Waals surface area contributed by atoms with Gasteiger partial charge in [-0.05, 0) is 66.6 Å². The molecule has 11 heteroatoms. The van der Waals surface area contributed by atoms with E-state index in [4.69, 9.17) is 16.3 Å². The lowest BCUT2D eigenvalue weighted by Crippen LogP contribution is -2.33. The number of hydrogen-bond donors (Lipinski definition) is 0. The Labute approximate surface area is 261 Å². The van der Waals surface area contributed by atoms with Crippen molar-refractivity contribution >= 4 is 45.8 Å². The average molecular weight is 707 g/mol. The van der Waals surface area contributed by atoms with Gasteiger partial charge in [-0.25, -0.2) is 13.6 Å². The van der Waals surface area contributed by atoms with Gasteiger partial charge in [0.15, 0.2) is 5.82 Å². The standard InChI is InChI=1S/C31H30ClF2IN4O3/c1-4-20(3)14-15-38(29-24(32)12-9-13-25(29)34)30(40)23-16-22(33)17-26(28(23)35)39-31(41)37(5-2)27(36-39)19-42-18-21-10-7-6-8-11-21/h6-14,16-17H,4-5,15,18-19H2,1-3H3. The highest BCUT2D eigenvalue weighted by Crippen LogP contribution is 2.32. The van der Waals surface area contributed by atoms with Crippen LogP contribution in [-0.4, -0.2) is 26.8 Å². The Bertz CT molecular complexity index is 1650. The molecule has 0 aliphatic heterocycles. The lowest BCUT2D eigenvalue weighted by Gasteiger charge is -2.24. The van der Waals surface area contributed by atoms with Gasteiger partial charge in [-0.15, -0.1) is 5.10 Å². The Morgan fingerprint density at radius 3 is 2.50 bits per heavy atom. The lowest BCUT2D eigenvalue weighted by molar-refractivity contribution is 0.0986. The molecule has 0 atom stereocenters. The summed E-state index contributed by atoms with van der Waals surface area (Å²) in [5.41, 5.74) is 1.35. The molecule has 0 fully saturated rings. The van der Waals surface area contributed by atoms with Crippen LogP contribution in [0.1, 0.15) is 48.9 Å². The Morgan fingerprint density at radius 2 is 1.83 bits per heavy atom. The van der Waals surface area contributed by atoms with Crippen LogP contribution in [0.25, 0.3) is 5.69 Å². The summed E-state index contributed by atoms with van der Waals surface area (Å²) >= 11 is 8.23. The van der Waals surface area contributed by atoms with Gasteiger partial charge in [-0.2, -0.15) is 4.68 Å². The van der Waals surface area contributed by atoms with Gasteiger partial charge in [0.2, 0.25) is 0 Å². The van der Waals surface area contributed by atoms with Crippen molar-refractivity contribution in [1.29, 1.82) is 0 Å². The molecule has 0 spiro atoms. The zero-order valence-electron chi connectivity index (χ0n) is 23.4. The molecule has 0 aliphatic rings. The molecule has 3 aromatic carbocycles. The van der Waals surface area contributed by atoms with E-state index in [2.05, 4.69) is 5.10 Å². The van der Waals surface area contributed by atoms with E-state index in [-0.39, 0.29) is 38.7 Å². The first-order valence-corrected chi connectivity index (χ1v) is 14.8. The number of benzene rings is 3. The largest absolute Gasteiger partial charge is 0.369 e. The van der Waals surface area contributed by atoms with Crippen molar-refractivity contribution in [2.75, 3.05) is 11.4 Å². The summed E-state index contributed by atoms with van der Waals surface area (Å²) in [6.07, 6.45) is 2.53. The van der Waals surface area contributed by atoms with Gasteiger partial charge in [0.05, 0.1) is 32.1 Å². The Kier molecular flexibility index (Phi) is 10.7. The van der Waals surface area contributed by atoms with Crippen molar-refractivity contribution in [3.8, 4) is 5.69 Å². The van der Waals surface area contributed by atoms with Crippen LogP contribution in [-0.2, 0) is 24.5 Å². The van der Waals surface area contributed by atoms with Gasteiger partial charge < -0.3 is 9.64 Å². The van der Waals surface area contributed by atoms with Crippen LogP contribution < -0.4 is 10.6 Å². The van der Waals surface area contributed by atoms with Crippen molar-refractivity contribution in [2.45, 2.75) is 47.0 Å². The summed E-state index contributed by atoms with van der Waals surface area (Å²) in [5.74, 6) is -1.77. The molecule has 0 N–H and O–H groups in total. The van der Waals surface area contributed by atoms with Gasteiger partial charge in [-0.1, -0.05) is 66.6 Å². The number of para-hydroxylation sites is 1.